The molecule has 4 nitrogen and oxygen atoms in total. The molecule has 7 heteroatoms. The van der Waals surface area contributed by atoms with E-state index in [9.17, 15) is 4.79 Å². The number of hydrogen-bond acceptors (Lipinski definition) is 6. The largest absolute Gasteiger partial charge is 0.355 e. The van der Waals surface area contributed by atoms with E-state index in [0.717, 1.165) is 21.0 Å². The van der Waals surface area contributed by atoms with E-state index < -0.39 is 0 Å². The predicted molar refractivity (Wildman–Crippen MR) is 98.3 cm³/mol. The zero-order valence-electron chi connectivity index (χ0n) is 12.3. The van der Waals surface area contributed by atoms with E-state index in [1.807, 2.05) is 29.6 Å². The Morgan fingerprint density at radius 1 is 1.13 bits per heavy atom. The van der Waals surface area contributed by atoms with E-state index in [-0.39, 0.29) is 5.91 Å². The van der Waals surface area contributed by atoms with Crippen LogP contribution in [0.5, 0.6) is 0 Å². The van der Waals surface area contributed by atoms with Crippen LogP contribution in [0.3, 0.4) is 0 Å². The Bertz CT molecular complexity index is 776. The summed E-state index contributed by atoms with van der Waals surface area (Å²) in [5, 5.41) is 5.81. The molecular formula is C16H15N3OS3. The summed E-state index contributed by atoms with van der Waals surface area (Å²) in [6.07, 6.45) is 1.55. The van der Waals surface area contributed by atoms with Crippen LogP contribution in [0.15, 0.2) is 58.0 Å². The molecule has 1 aromatic carbocycles. The maximum atomic E-state index is 11.9. The van der Waals surface area contributed by atoms with Crippen LogP contribution < -0.4 is 5.32 Å². The molecule has 118 valence electrons. The monoisotopic (exact) mass is 361 g/mol. The van der Waals surface area contributed by atoms with Crippen molar-refractivity contribution in [2.75, 3.05) is 18.1 Å². The number of nitrogens with one attached hydrogen (secondary N) is 1. The van der Waals surface area contributed by atoms with Crippen LogP contribution in [0.2, 0.25) is 0 Å². The lowest BCUT2D eigenvalue weighted by Gasteiger charge is -2.05. The minimum absolute atomic E-state index is 0.0342. The summed E-state index contributed by atoms with van der Waals surface area (Å²) in [5.41, 5.74) is 0.937. The SMILES string of the molecule is O=C(CSc1ncnc2ccsc12)NCCSc1ccccc1. The Labute approximate surface area is 147 Å². The maximum absolute atomic E-state index is 11.9. The van der Waals surface area contributed by atoms with Gasteiger partial charge in [-0.2, -0.15) is 0 Å². The number of rotatable bonds is 7. The fourth-order valence-corrected chi connectivity index (χ4v) is 4.50. The van der Waals surface area contributed by atoms with Gasteiger partial charge in [0.05, 0.1) is 16.0 Å². The Balaban J connectivity index is 1.41. The highest BCUT2D eigenvalue weighted by molar-refractivity contribution is 8.00. The summed E-state index contributed by atoms with van der Waals surface area (Å²) >= 11 is 4.80. The molecular weight excluding hydrogens is 346 g/mol. The van der Waals surface area contributed by atoms with Gasteiger partial charge in [-0.15, -0.1) is 23.1 Å². The third kappa shape index (κ3) is 4.70. The number of carbonyl (C=O) groups is 1. The molecule has 0 aliphatic heterocycles. The van der Waals surface area contributed by atoms with Crippen molar-refractivity contribution in [2.24, 2.45) is 0 Å². The number of thioether (sulfide) groups is 2. The van der Waals surface area contributed by atoms with E-state index in [1.165, 1.54) is 16.7 Å². The molecule has 0 saturated carbocycles. The molecule has 0 bridgehead atoms. The van der Waals surface area contributed by atoms with Crippen molar-refractivity contribution in [3.05, 3.63) is 48.1 Å². The van der Waals surface area contributed by atoms with Crippen LogP contribution in [-0.2, 0) is 4.79 Å². The first-order chi connectivity index (χ1) is 11.3. The number of hydrogen-bond donors (Lipinski definition) is 1. The number of fused-ring (bicyclic) bond motifs is 1. The van der Waals surface area contributed by atoms with E-state index in [1.54, 1.807) is 29.4 Å². The summed E-state index contributed by atoms with van der Waals surface area (Å²) in [6.45, 7) is 0.664. The standard InChI is InChI=1S/C16H15N3OS3/c20-14(17-7-9-21-12-4-2-1-3-5-12)10-23-16-15-13(6-8-22-15)18-11-19-16/h1-6,8,11H,7,9-10H2,(H,17,20). The predicted octanol–water partition coefficient (Wildman–Crippen LogP) is 3.69. The zero-order chi connectivity index (χ0) is 15.9. The van der Waals surface area contributed by atoms with Crippen LogP contribution >= 0.6 is 34.9 Å². The summed E-state index contributed by atoms with van der Waals surface area (Å²) in [5.74, 6) is 1.27. The molecule has 0 aliphatic rings. The molecule has 0 fully saturated rings. The highest BCUT2D eigenvalue weighted by Gasteiger charge is 2.08. The Hall–Kier alpha value is -1.57. The van der Waals surface area contributed by atoms with Gasteiger partial charge < -0.3 is 5.32 Å². The van der Waals surface area contributed by atoms with E-state index in [4.69, 9.17) is 0 Å². The molecule has 0 saturated heterocycles. The summed E-state index contributed by atoms with van der Waals surface area (Å²) < 4.78 is 1.05. The normalized spacial score (nSPS) is 10.8. The number of aromatic nitrogens is 2. The molecule has 3 aromatic rings. The van der Waals surface area contributed by atoms with Crippen molar-refractivity contribution in [2.45, 2.75) is 9.92 Å². The van der Waals surface area contributed by atoms with Gasteiger partial charge in [0.25, 0.3) is 0 Å². The lowest BCUT2D eigenvalue weighted by atomic mass is 10.4. The average molecular weight is 362 g/mol. The van der Waals surface area contributed by atoms with E-state index in [2.05, 4.69) is 27.4 Å². The molecule has 0 aliphatic carbocycles. The van der Waals surface area contributed by atoms with Crippen molar-refractivity contribution in [3.63, 3.8) is 0 Å². The highest BCUT2D eigenvalue weighted by Crippen LogP contribution is 2.28. The minimum atomic E-state index is 0.0342. The summed E-state index contributed by atoms with van der Waals surface area (Å²) in [6, 6.07) is 12.1. The number of carbonyl (C=O) groups excluding carboxylic acids is 1. The van der Waals surface area contributed by atoms with Crippen molar-refractivity contribution < 1.29 is 4.79 Å². The van der Waals surface area contributed by atoms with Crippen LogP contribution in [-0.4, -0.2) is 33.9 Å². The topological polar surface area (TPSA) is 54.9 Å². The van der Waals surface area contributed by atoms with Gasteiger partial charge in [0.2, 0.25) is 5.91 Å². The van der Waals surface area contributed by atoms with E-state index in [0.29, 0.717) is 12.3 Å². The fraction of sp³-hybridized carbons (Fsp3) is 0.188. The van der Waals surface area contributed by atoms with Crippen LogP contribution in [0.25, 0.3) is 10.2 Å². The van der Waals surface area contributed by atoms with Gasteiger partial charge in [-0.3, -0.25) is 4.79 Å². The molecule has 0 atom stereocenters. The first kappa shape index (κ1) is 16.3. The second-order valence-electron chi connectivity index (χ2n) is 4.61. The number of amides is 1. The number of benzene rings is 1. The maximum Gasteiger partial charge on any atom is 0.230 e. The van der Waals surface area contributed by atoms with Gasteiger partial charge in [0.1, 0.15) is 11.4 Å². The summed E-state index contributed by atoms with van der Waals surface area (Å²) in [4.78, 5) is 21.6. The molecule has 23 heavy (non-hydrogen) atoms. The van der Waals surface area contributed by atoms with Gasteiger partial charge in [-0.1, -0.05) is 30.0 Å². The summed E-state index contributed by atoms with van der Waals surface area (Å²) in [7, 11) is 0. The van der Waals surface area contributed by atoms with Crippen LogP contribution in [0.4, 0.5) is 0 Å². The quantitative estimate of drug-likeness (QED) is 0.395. The molecule has 0 unspecified atom stereocenters. The Morgan fingerprint density at radius 3 is 2.87 bits per heavy atom. The van der Waals surface area contributed by atoms with Crippen molar-refractivity contribution >= 4 is 51.0 Å². The number of thiophene rings is 1. The van der Waals surface area contributed by atoms with Crippen LogP contribution in [0.1, 0.15) is 0 Å². The average Bonchev–Trinajstić information content (AvgIpc) is 3.07. The van der Waals surface area contributed by atoms with E-state index >= 15 is 0 Å². The Morgan fingerprint density at radius 2 is 2.00 bits per heavy atom. The smallest absolute Gasteiger partial charge is 0.230 e. The van der Waals surface area contributed by atoms with Gasteiger partial charge in [-0.05, 0) is 23.6 Å². The van der Waals surface area contributed by atoms with Gasteiger partial charge in [0.15, 0.2) is 0 Å². The van der Waals surface area contributed by atoms with Crippen LogP contribution in [0, 0.1) is 0 Å². The molecule has 2 aromatic heterocycles. The molecule has 0 spiro atoms. The lowest BCUT2D eigenvalue weighted by molar-refractivity contribution is -0.118. The third-order valence-electron chi connectivity index (χ3n) is 2.99. The lowest BCUT2D eigenvalue weighted by Crippen LogP contribution is -2.27. The molecule has 0 radical (unpaired) electrons. The minimum Gasteiger partial charge on any atom is -0.355 e. The third-order valence-corrected chi connectivity index (χ3v) is 6.03. The van der Waals surface area contributed by atoms with Gasteiger partial charge >= 0.3 is 0 Å². The van der Waals surface area contributed by atoms with Gasteiger partial charge in [0, 0.05) is 17.2 Å². The fourth-order valence-electron chi connectivity index (χ4n) is 1.93. The second-order valence-corrected chi connectivity index (χ2v) is 7.66. The zero-order valence-corrected chi connectivity index (χ0v) is 14.7. The highest BCUT2D eigenvalue weighted by atomic mass is 32.2. The number of nitrogens with zero attached hydrogens (tertiary/aromatic N) is 2. The molecule has 1 amide bonds. The molecule has 1 N–H and O–H groups in total. The molecule has 3 rings (SSSR count). The van der Waals surface area contributed by atoms with Crippen molar-refractivity contribution in [1.82, 2.24) is 15.3 Å². The van der Waals surface area contributed by atoms with Gasteiger partial charge in [-0.25, -0.2) is 9.97 Å². The van der Waals surface area contributed by atoms with Crippen molar-refractivity contribution in [1.29, 1.82) is 0 Å². The Kier molecular flexibility index (Phi) is 5.90. The second kappa shape index (κ2) is 8.33. The first-order valence-corrected chi connectivity index (χ1v) is 9.93. The van der Waals surface area contributed by atoms with Crippen molar-refractivity contribution in [3.8, 4) is 0 Å². The molecule has 2 heterocycles. The first-order valence-electron chi connectivity index (χ1n) is 7.08.